The normalized spacial score (nSPS) is 20.5. The highest BCUT2D eigenvalue weighted by Crippen LogP contribution is 2.38. The van der Waals surface area contributed by atoms with Crippen LogP contribution in [0.25, 0.3) is 31.7 Å². The van der Waals surface area contributed by atoms with E-state index in [2.05, 4.69) is 60.0 Å². The predicted molar refractivity (Wildman–Crippen MR) is 356 cm³/mol. The largest absolute Gasteiger partial charge is 0.325 e. The summed E-state index contributed by atoms with van der Waals surface area (Å²) in [6.07, 6.45) is 8.08. The molecular weight excluding hydrogens is 1460 g/mol. The van der Waals surface area contributed by atoms with Crippen molar-refractivity contribution in [3.63, 3.8) is 0 Å². The summed E-state index contributed by atoms with van der Waals surface area (Å²) in [5.74, 6) is -5.12. The van der Waals surface area contributed by atoms with Crippen LogP contribution in [0, 0.1) is 34.9 Å². The Morgan fingerprint density at radius 2 is 0.680 bits per heavy atom. The second-order valence-electron chi connectivity index (χ2n) is 21.0. The number of carbonyl (C=O) groups excluding carboxylic acids is 3. The van der Waals surface area contributed by atoms with Crippen molar-refractivity contribution in [2.45, 2.75) is 62.9 Å². The highest BCUT2D eigenvalue weighted by molar-refractivity contribution is 7.87. The van der Waals surface area contributed by atoms with Gasteiger partial charge in [0.2, 0.25) is 17.7 Å². The van der Waals surface area contributed by atoms with Gasteiger partial charge in [0.25, 0.3) is 30.6 Å². The summed E-state index contributed by atoms with van der Waals surface area (Å²) in [6.45, 7) is 0. The maximum atomic E-state index is 13.4. The van der Waals surface area contributed by atoms with Gasteiger partial charge in [-0.15, -0.1) is 34.0 Å². The molecule has 3 aliphatic rings. The van der Waals surface area contributed by atoms with E-state index in [0.717, 1.165) is 49.7 Å². The number of amides is 3. The standard InChI is InChI=1S/3C19H16ClF2N5O3S2.CH4/c3*1-27-16(18(28)25-11-3-4-13(22)12(20)6-11)7-15(26-32(27,29)30)19-24-9-17(31-19)14-5-2-10(21)8-23-14;/h3*2-6,8-9,15-16,26H,7H2,1H3,(H,25,28);1H4/t2*15-,16+;;/m10../s1. The number of nitrogens with zero attached hydrogens (tertiary/aromatic N) is 9. The number of hydrogen-bond donors (Lipinski definition) is 6. The minimum atomic E-state index is -3.98. The third-order valence-electron chi connectivity index (χ3n) is 14.6. The summed E-state index contributed by atoms with van der Waals surface area (Å²) in [6, 6.07) is 13.9. The van der Waals surface area contributed by atoms with Crippen LogP contribution in [0.5, 0.6) is 0 Å². The number of anilines is 3. The van der Waals surface area contributed by atoms with Crippen LogP contribution in [0.1, 0.15) is 59.8 Å². The molecule has 6 aromatic heterocycles. The van der Waals surface area contributed by atoms with Crippen molar-refractivity contribution in [1.29, 1.82) is 0 Å². The van der Waals surface area contributed by atoms with Gasteiger partial charge in [0.15, 0.2) is 0 Å². The molecule has 9 aromatic rings. The number of rotatable bonds is 12. The van der Waals surface area contributed by atoms with Crippen LogP contribution >= 0.6 is 68.8 Å². The molecule has 3 amide bonds. The molecule has 97 heavy (non-hydrogen) atoms. The molecule has 3 saturated heterocycles. The summed E-state index contributed by atoms with van der Waals surface area (Å²) in [5.41, 5.74) is 2.19. The van der Waals surface area contributed by atoms with Crippen LogP contribution in [-0.4, -0.2) is 125 Å². The van der Waals surface area contributed by atoms with E-state index in [-0.39, 0.29) is 58.8 Å². The molecule has 0 saturated carbocycles. The minimum absolute atomic E-state index is 0. The fraction of sp³-hybridized carbons (Fsp3) is 0.224. The Bertz CT molecular complexity index is 4280. The fourth-order valence-electron chi connectivity index (χ4n) is 9.49. The van der Waals surface area contributed by atoms with E-state index in [9.17, 15) is 66.0 Å². The third kappa shape index (κ3) is 17.7. The molecule has 6 atom stereocenters. The number of carbonyl (C=O) groups is 3. The number of benzene rings is 3. The monoisotopic (exact) mass is 1510 g/mol. The number of aromatic nitrogens is 6. The van der Waals surface area contributed by atoms with E-state index in [0.29, 0.717) is 46.7 Å². The molecule has 24 nitrogen and oxygen atoms in total. The summed E-state index contributed by atoms with van der Waals surface area (Å²) in [7, 11) is -8.09. The van der Waals surface area contributed by atoms with Gasteiger partial charge >= 0.3 is 0 Å². The zero-order valence-electron chi connectivity index (χ0n) is 49.3. The first-order chi connectivity index (χ1) is 45.4. The smallest absolute Gasteiger partial charge is 0.280 e. The van der Waals surface area contributed by atoms with Crippen molar-refractivity contribution in [2.24, 2.45) is 0 Å². The van der Waals surface area contributed by atoms with Gasteiger partial charge in [0.1, 0.15) is 68.1 Å². The highest BCUT2D eigenvalue weighted by atomic mass is 35.5. The van der Waals surface area contributed by atoms with E-state index in [1.807, 2.05) is 0 Å². The molecule has 9 heterocycles. The molecule has 2 unspecified atom stereocenters. The zero-order chi connectivity index (χ0) is 69.1. The Kier molecular flexibility index (Phi) is 23.3. The second kappa shape index (κ2) is 30.7. The predicted octanol–water partition coefficient (Wildman–Crippen LogP) is 10.7. The second-order valence-corrected chi connectivity index (χ2v) is 30.7. The van der Waals surface area contributed by atoms with Crippen molar-refractivity contribution in [3.05, 3.63) is 193 Å². The molecule has 0 radical (unpaired) electrons. The lowest BCUT2D eigenvalue weighted by atomic mass is 10.1. The fourth-order valence-corrected chi connectivity index (χ4v) is 16.9. The van der Waals surface area contributed by atoms with Crippen molar-refractivity contribution in [2.75, 3.05) is 37.1 Å². The van der Waals surface area contributed by atoms with Gasteiger partial charge in [-0.25, -0.2) is 41.3 Å². The summed E-state index contributed by atoms with van der Waals surface area (Å²) in [5, 5.41) is 8.51. The topological polar surface area (TPSA) is 313 Å². The molecule has 6 N–H and O–H groups in total. The van der Waals surface area contributed by atoms with Gasteiger partial charge in [-0.2, -0.15) is 52.3 Å². The lowest BCUT2D eigenvalue weighted by Gasteiger charge is -2.35. The molecule has 512 valence electrons. The van der Waals surface area contributed by atoms with Gasteiger partial charge in [0.05, 0.1) is 83.5 Å². The van der Waals surface area contributed by atoms with Crippen LogP contribution in [0.15, 0.2) is 128 Å². The van der Waals surface area contributed by atoms with Gasteiger partial charge in [-0.1, -0.05) is 42.2 Å². The van der Waals surface area contributed by atoms with E-state index in [1.54, 1.807) is 0 Å². The van der Waals surface area contributed by atoms with Crippen LogP contribution < -0.4 is 30.1 Å². The lowest BCUT2D eigenvalue weighted by Crippen LogP contribution is -2.55. The molecule has 3 aromatic carbocycles. The van der Waals surface area contributed by atoms with E-state index in [4.69, 9.17) is 34.8 Å². The lowest BCUT2D eigenvalue weighted by molar-refractivity contribution is -0.120. The first kappa shape index (κ1) is 73.7. The van der Waals surface area contributed by atoms with Crippen molar-refractivity contribution >= 4 is 134 Å². The molecule has 3 aliphatic heterocycles. The molecule has 3 fully saturated rings. The van der Waals surface area contributed by atoms with E-state index < -0.39 is 120 Å². The molecule has 39 heteroatoms. The zero-order valence-corrected chi connectivity index (χ0v) is 56.4. The number of thiazole rings is 3. The Labute approximate surface area is 578 Å². The molecule has 0 bridgehead atoms. The number of hydrogen-bond acceptors (Lipinski definition) is 18. The van der Waals surface area contributed by atoms with Gasteiger partial charge in [-0.3, -0.25) is 29.3 Å². The average Bonchev–Trinajstić information content (AvgIpc) is 1.77. The third-order valence-corrected chi connectivity index (χ3v) is 23.6. The SMILES string of the molecule is C.CN1C(C(=O)Nc2ccc(F)c(Cl)c2)CC(c2ncc(-c3ccc(F)cn3)s2)NS1(=O)=O.CN1[C@@H](C(=O)Nc2ccc(F)c(Cl)c2)C[C@@H](c2ncc(-c3ccc(F)cn3)s2)NS1(=O)=O.CN1[C@H](C(=O)Nc2ccc(F)c(Cl)c2)C[C@H](c2ncc(-c3ccc(F)cn3)s2)NS1(=O)=O. The van der Waals surface area contributed by atoms with Crippen LogP contribution in [-0.2, 0) is 45.0 Å². The maximum absolute atomic E-state index is 13.4. The first-order valence-electron chi connectivity index (χ1n) is 27.7. The quantitative estimate of drug-likeness (QED) is 0.0620. The van der Waals surface area contributed by atoms with Gasteiger partial charge in [0, 0.05) is 56.8 Å². The van der Waals surface area contributed by atoms with Gasteiger partial charge < -0.3 is 16.0 Å². The van der Waals surface area contributed by atoms with Crippen molar-refractivity contribution in [3.8, 4) is 31.7 Å². The van der Waals surface area contributed by atoms with E-state index in [1.165, 1.54) is 147 Å². The molecule has 0 spiro atoms. The van der Waals surface area contributed by atoms with Crippen LogP contribution in [0.4, 0.5) is 43.4 Å². The highest BCUT2D eigenvalue weighted by Gasteiger charge is 2.45. The Balaban J connectivity index is 0.000000170. The number of likely N-dealkylation sites (N-methyl/N-ethyl adjacent to an activating group) is 3. The summed E-state index contributed by atoms with van der Waals surface area (Å²) in [4.78, 5) is 65.3. The van der Waals surface area contributed by atoms with Crippen LogP contribution in [0.2, 0.25) is 15.1 Å². The van der Waals surface area contributed by atoms with Crippen molar-refractivity contribution in [1.82, 2.24) is 57.0 Å². The Morgan fingerprint density at radius 1 is 0.423 bits per heavy atom. The maximum Gasteiger partial charge on any atom is 0.280 e. The molecule has 0 aliphatic carbocycles. The average molecular weight is 1520 g/mol. The number of pyridine rings is 3. The Hall–Kier alpha value is -7.53. The van der Waals surface area contributed by atoms with E-state index >= 15 is 0 Å². The number of halogens is 9. The number of nitrogens with one attached hydrogen (secondary N) is 6. The van der Waals surface area contributed by atoms with Crippen LogP contribution in [0.3, 0.4) is 0 Å². The van der Waals surface area contributed by atoms with Crippen molar-refractivity contribution < 1.29 is 66.0 Å². The molecular formula is C58H52Cl3F6N15O9S6. The first-order valence-corrected chi connectivity index (χ1v) is 35.6. The minimum Gasteiger partial charge on any atom is -0.325 e. The summed E-state index contributed by atoms with van der Waals surface area (Å²) < 4.78 is 166. The summed E-state index contributed by atoms with van der Waals surface area (Å²) >= 11 is 20.8. The molecule has 12 rings (SSSR count). The van der Waals surface area contributed by atoms with Gasteiger partial charge in [-0.05, 0) is 110 Å². The Morgan fingerprint density at radius 3 is 0.907 bits per heavy atom.